The molecule has 0 radical (unpaired) electrons. The second kappa shape index (κ2) is 2.91. The molecule has 0 aromatic heterocycles. The maximum atomic E-state index is 8.76. The fraction of sp³-hybridized carbons (Fsp3) is 1.00. The minimum atomic E-state index is 0.369. The smallest absolute Gasteiger partial charge is 0.0433 e. The van der Waals surface area contributed by atoms with Crippen LogP contribution in [0.3, 0.4) is 0 Å². The molecule has 1 heteroatoms. The van der Waals surface area contributed by atoms with Crippen molar-refractivity contribution in [3.05, 3.63) is 0 Å². The second-order valence-electron chi connectivity index (χ2n) is 4.09. The van der Waals surface area contributed by atoms with Crippen LogP contribution in [-0.2, 0) is 0 Å². The van der Waals surface area contributed by atoms with E-state index in [1.54, 1.807) is 0 Å². The van der Waals surface area contributed by atoms with E-state index in [-0.39, 0.29) is 0 Å². The molecule has 1 rings (SSSR count). The highest BCUT2D eigenvalue weighted by Gasteiger charge is 2.33. The predicted molar refractivity (Wildman–Crippen MR) is 42.8 cm³/mol. The van der Waals surface area contributed by atoms with Gasteiger partial charge in [0.05, 0.1) is 0 Å². The summed E-state index contributed by atoms with van der Waals surface area (Å²) in [5.74, 6) is 0.775. The van der Waals surface area contributed by atoms with E-state index in [9.17, 15) is 0 Å². The van der Waals surface area contributed by atoms with Crippen LogP contribution in [-0.4, -0.2) is 11.7 Å². The van der Waals surface area contributed by atoms with Gasteiger partial charge in [0.25, 0.3) is 0 Å². The summed E-state index contributed by atoms with van der Waals surface area (Å²) in [6.07, 6.45) is 5.04. The van der Waals surface area contributed by atoms with Gasteiger partial charge in [0.2, 0.25) is 0 Å². The minimum absolute atomic E-state index is 0.369. The molecule has 1 aliphatic carbocycles. The van der Waals surface area contributed by atoms with Gasteiger partial charge in [-0.3, -0.25) is 0 Å². The second-order valence-corrected chi connectivity index (χ2v) is 4.09. The number of rotatable bonds is 2. The molecule has 1 N–H and O–H groups in total. The van der Waals surface area contributed by atoms with E-state index in [4.69, 9.17) is 5.11 Å². The third-order valence-electron chi connectivity index (χ3n) is 2.96. The zero-order valence-corrected chi connectivity index (χ0v) is 7.06. The van der Waals surface area contributed by atoms with E-state index in [1.807, 2.05) is 0 Å². The summed E-state index contributed by atoms with van der Waals surface area (Å²) in [4.78, 5) is 0. The summed E-state index contributed by atoms with van der Waals surface area (Å²) in [6, 6.07) is 0. The summed E-state index contributed by atoms with van der Waals surface area (Å²) in [5, 5.41) is 8.76. The van der Waals surface area contributed by atoms with Crippen LogP contribution in [0.4, 0.5) is 0 Å². The average molecular weight is 142 g/mol. The Morgan fingerprint density at radius 2 is 2.20 bits per heavy atom. The van der Waals surface area contributed by atoms with E-state index in [2.05, 4.69) is 13.8 Å². The fourth-order valence-electron chi connectivity index (χ4n) is 2.09. The lowest BCUT2D eigenvalue weighted by molar-refractivity contribution is 0.188. The first-order chi connectivity index (χ1) is 4.67. The fourth-order valence-corrected chi connectivity index (χ4v) is 2.09. The van der Waals surface area contributed by atoms with E-state index >= 15 is 0 Å². The Bertz CT molecular complexity index is 107. The molecule has 1 nitrogen and oxygen atoms in total. The van der Waals surface area contributed by atoms with Crippen LogP contribution in [0.25, 0.3) is 0 Å². The molecule has 0 heterocycles. The molecule has 0 bridgehead atoms. The Morgan fingerprint density at radius 1 is 1.50 bits per heavy atom. The molecule has 1 aliphatic rings. The Morgan fingerprint density at radius 3 is 2.60 bits per heavy atom. The largest absolute Gasteiger partial charge is 0.396 e. The highest BCUT2D eigenvalue weighted by Crippen LogP contribution is 2.43. The number of hydrogen-bond acceptors (Lipinski definition) is 1. The van der Waals surface area contributed by atoms with Crippen LogP contribution in [0.1, 0.15) is 39.5 Å². The molecule has 0 spiro atoms. The molecule has 0 aromatic carbocycles. The summed E-state index contributed by atoms with van der Waals surface area (Å²) >= 11 is 0. The van der Waals surface area contributed by atoms with E-state index < -0.39 is 0 Å². The topological polar surface area (TPSA) is 20.2 Å². The first kappa shape index (κ1) is 8.06. The van der Waals surface area contributed by atoms with Gasteiger partial charge >= 0.3 is 0 Å². The van der Waals surface area contributed by atoms with Crippen LogP contribution in [0, 0.1) is 11.3 Å². The number of aliphatic hydroxyl groups is 1. The third-order valence-corrected chi connectivity index (χ3v) is 2.96. The van der Waals surface area contributed by atoms with Crippen LogP contribution >= 0.6 is 0 Å². The van der Waals surface area contributed by atoms with Gasteiger partial charge in [-0.1, -0.05) is 20.3 Å². The van der Waals surface area contributed by atoms with Gasteiger partial charge in [-0.2, -0.15) is 0 Å². The van der Waals surface area contributed by atoms with Gasteiger partial charge in [-0.25, -0.2) is 0 Å². The van der Waals surface area contributed by atoms with Crippen molar-refractivity contribution in [3.63, 3.8) is 0 Å². The van der Waals surface area contributed by atoms with Gasteiger partial charge in [0.1, 0.15) is 0 Å². The Labute approximate surface area is 63.4 Å². The van der Waals surface area contributed by atoms with Crippen LogP contribution in [0.5, 0.6) is 0 Å². The molecule has 0 saturated heterocycles. The average Bonchev–Trinajstić information content (AvgIpc) is 2.13. The molecule has 10 heavy (non-hydrogen) atoms. The molecular weight excluding hydrogens is 124 g/mol. The molecule has 1 fully saturated rings. The van der Waals surface area contributed by atoms with E-state index in [0.29, 0.717) is 12.0 Å². The molecular formula is C9H18O. The standard InChI is InChI=1S/C9H18O/c1-9(2)6-3-4-8(9)5-7-10/h8,10H,3-7H2,1-2H3. The van der Waals surface area contributed by atoms with Gasteiger partial charge in [-0.05, 0) is 30.6 Å². The summed E-state index contributed by atoms with van der Waals surface area (Å²) in [6.45, 7) is 5.01. The monoisotopic (exact) mass is 142 g/mol. The van der Waals surface area contributed by atoms with Crippen LogP contribution < -0.4 is 0 Å². The van der Waals surface area contributed by atoms with Crippen molar-refractivity contribution >= 4 is 0 Å². The zero-order valence-electron chi connectivity index (χ0n) is 7.06. The minimum Gasteiger partial charge on any atom is -0.396 e. The van der Waals surface area contributed by atoms with Crippen molar-refractivity contribution in [3.8, 4) is 0 Å². The predicted octanol–water partition coefficient (Wildman–Crippen LogP) is 2.20. The first-order valence-corrected chi connectivity index (χ1v) is 4.27. The lowest BCUT2D eigenvalue weighted by Crippen LogP contribution is -2.18. The Hall–Kier alpha value is -0.0400. The first-order valence-electron chi connectivity index (χ1n) is 4.27. The van der Waals surface area contributed by atoms with Gasteiger partial charge in [-0.15, -0.1) is 0 Å². The van der Waals surface area contributed by atoms with Crippen molar-refractivity contribution in [2.24, 2.45) is 11.3 Å². The number of aliphatic hydroxyl groups excluding tert-OH is 1. The van der Waals surface area contributed by atoms with Crippen LogP contribution in [0.2, 0.25) is 0 Å². The van der Waals surface area contributed by atoms with Gasteiger partial charge < -0.3 is 5.11 Å². The highest BCUT2D eigenvalue weighted by molar-refractivity contribution is 4.84. The molecule has 0 aliphatic heterocycles. The molecule has 60 valence electrons. The molecule has 0 amide bonds. The SMILES string of the molecule is CC1(C)CCCC1CCO. The maximum absolute atomic E-state index is 8.76. The maximum Gasteiger partial charge on any atom is 0.0433 e. The van der Waals surface area contributed by atoms with Gasteiger partial charge in [0, 0.05) is 6.61 Å². The number of hydrogen-bond donors (Lipinski definition) is 1. The Kier molecular flexibility index (Phi) is 2.35. The van der Waals surface area contributed by atoms with E-state index in [0.717, 1.165) is 12.3 Å². The van der Waals surface area contributed by atoms with E-state index in [1.165, 1.54) is 19.3 Å². The third kappa shape index (κ3) is 1.51. The molecule has 0 aromatic rings. The molecule has 1 atom stereocenters. The summed E-state index contributed by atoms with van der Waals surface area (Å²) in [7, 11) is 0. The lowest BCUT2D eigenvalue weighted by atomic mass is 9.80. The van der Waals surface area contributed by atoms with Crippen molar-refractivity contribution in [2.75, 3.05) is 6.61 Å². The highest BCUT2D eigenvalue weighted by atomic mass is 16.3. The summed E-state index contributed by atoms with van der Waals surface area (Å²) < 4.78 is 0. The molecule has 1 saturated carbocycles. The van der Waals surface area contributed by atoms with Crippen molar-refractivity contribution in [1.29, 1.82) is 0 Å². The zero-order chi connectivity index (χ0) is 7.61. The molecule has 1 unspecified atom stereocenters. The summed E-state index contributed by atoms with van der Waals surface area (Å²) in [5.41, 5.74) is 0.503. The van der Waals surface area contributed by atoms with Crippen molar-refractivity contribution in [1.82, 2.24) is 0 Å². The lowest BCUT2D eigenvalue weighted by Gasteiger charge is -2.25. The Balaban J connectivity index is 2.43. The van der Waals surface area contributed by atoms with Gasteiger partial charge in [0.15, 0.2) is 0 Å². The van der Waals surface area contributed by atoms with Crippen molar-refractivity contribution in [2.45, 2.75) is 39.5 Å². The van der Waals surface area contributed by atoms with Crippen LogP contribution in [0.15, 0.2) is 0 Å². The normalized spacial score (nSPS) is 30.9. The quantitative estimate of drug-likeness (QED) is 0.626. The van der Waals surface area contributed by atoms with Crippen molar-refractivity contribution < 1.29 is 5.11 Å².